The fourth-order valence-electron chi connectivity index (χ4n) is 2.16. The molecule has 17 heavy (non-hydrogen) atoms. The quantitative estimate of drug-likeness (QED) is 0.532. The van der Waals surface area contributed by atoms with Crippen LogP contribution in [-0.2, 0) is 6.54 Å². The van der Waals surface area contributed by atoms with Gasteiger partial charge in [0.15, 0.2) is 11.5 Å². The van der Waals surface area contributed by atoms with Crippen LogP contribution in [0.1, 0.15) is 18.4 Å². The van der Waals surface area contributed by atoms with E-state index in [9.17, 15) is 10.2 Å². The van der Waals surface area contributed by atoms with E-state index in [-0.39, 0.29) is 11.5 Å². The minimum Gasteiger partial charge on any atom is -0.504 e. The van der Waals surface area contributed by atoms with Gasteiger partial charge in [0.1, 0.15) is 0 Å². The number of hydrogen-bond donors (Lipinski definition) is 3. The van der Waals surface area contributed by atoms with Crippen LogP contribution in [0.3, 0.4) is 0 Å². The van der Waals surface area contributed by atoms with Gasteiger partial charge in [0.25, 0.3) is 0 Å². The molecule has 0 amide bonds. The van der Waals surface area contributed by atoms with Gasteiger partial charge in [-0.25, -0.2) is 0 Å². The van der Waals surface area contributed by atoms with E-state index in [2.05, 4.69) is 10.2 Å². The summed E-state index contributed by atoms with van der Waals surface area (Å²) in [5, 5.41) is 21.9. The number of benzene rings is 1. The van der Waals surface area contributed by atoms with Crippen molar-refractivity contribution >= 4 is 0 Å². The fraction of sp³-hybridized carbons (Fsp3) is 0.538. The highest BCUT2D eigenvalue weighted by Crippen LogP contribution is 2.24. The zero-order valence-corrected chi connectivity index (χ0v) is 10.0. The first-order chi connectivity index (χ1) is 8.25. The molecule has 1 saturated heterocycles. The molecule has 0 saturated carbocycles. The minimum absolute atomic E-state index is 0.0520. The number of phenolic OH excluding ortho intramolecular Hbond substituents is 2. The van der Waals surface area contributed by atoms with Crippen molar-refractivity contribution in [2.45, 2.75) is 19.4 Å². The lowest BCUT2D eigenvalue weighted by molar-refractivity contribution is 0.335. The number of aromatic hydroxyl groups is 2. The number of nitrogens with one attached hydrogen (secondary N) is 1. The third kappa shape index (κ3) is 3.61. The Kier molecular flexibility index (Phi) is 4.23. The SMILES string of the molecule is Oc1ccc(CNCCN2CCCC2)cc1O. The summed E-state index contributed by atoms with van der Waals surface area (Å²) >= 11 is 0. The summed E-state index contributed by atoms with van der Waals surface area (Å²) in [7, 11) is 0. The van der Waals surface area contributed by atoms with Gasteiger partial charge < -0.3 is 20.4 Å². The topological polar surface area (TPSA) is 55.7 Å². The minimum atomic E-state index is -0.0641. The summed E-state index contributed by atoms with van der Waals surface area (Å²) in [6.45, 7) is 5.22. The Bertz CT molecular complexity index is 362. The molecule has 0 atom stereocenters. The van der Waals surface area contributed by atoms with E-state index in [1.54, 1.807) is 6.07 Å². The average Bonchev–Trinajstić information content (AvgIpc) is 2.82. The highest BCUT2D eigenvalue weighted by Gasteiger charge is 2.09. The third-order valence-corrected chi connectivity index (χ3v) is 3.17. The lowest BCUT2D eigenvalue weighted by Crippen LogP contribution is -2.29. The maximum absolute atomic E-state index is 9.34. The van der Waals surface area contributed by atoms with Gasteiger partial charge in [0.05, 0.1) is 0 Å². The van der Waals surface area contributed by atoms with E-state index in [0.29, 0.717) is 0 Å². The maximum atomic E-state index is 9.34. The van der Waals surface area contributed by atoms with Gasteiger partial charge in [-0.15, -0.1) is 0 Å². The first-order valence-electron chi connectivity index (χ1n) is 6.19. The van der Waals surface area contributed by atoms with E-state index >= 15 is 0 Å². The molecule has 0 spiro atoms. The second-order valence-corrected chi connectivity index (χ2v) is 4.55. The monoisotopic (exact) mass is 236 g/mol. The summed E-state index contributed by atoms with van der Waals surface area (Å²) in [6, 6.07) is 4.93. The third-order valence-electron chi connectivity index (χ3n) is 3.17. The number of nitrogens with zero attached hydrogens (tertiary/aromatic N) is 1. The number of hydrogen-bond acceptors (Lipinski definition) is 4. The zero-order chi connectivity index (χ0) is 12.1. The Labute approximate surface area is 102 Å². The van der Waals surface area contributed by atoms with E-state index < -0.39 is 0 Å². The molecule has 0 aromatic heterocycles. The molecule has 1 aliphatic rings. The molecule has 0 aliphatic carbocycles. The summed E-state index contributed by atoms with van der Waals surface area (Å²) in [5.41, 5.74) is 0.988. The first kappa shape index (κ1) is 12.2. The molecule has 0 unspecified atom stereocenters. The predicted molar refractivity (Wildman–Crippen MR) is 67.2 cm³/mol. The van der Waals surface area contributed by atoms with Crippen LogP contribution in [0.25, 0.3) is 0 Å². The molecule has 1 heterocycles. The van der Waals surface area contributed by atoms with Crippen molar-refractivity contribution in [3.8, 4) is 11.5 Å². The molecule has 3 N–H and O–H groups in total. The van der Waals surface area contributed by atoms with Crippen LogP contribution in [0, 0.1) is 0 Å². The highest BCUT2D eigenvalue weighted by molar-refractivity contribution is 5.40. The molecule has 2 rings (SSSR count). The van der Waals surface area contributed by atoms with Crippen LogP contribution in [0.2, 0.25) is 0 Å². The molecular weight excluding hydrogens is 216 g/mol. The van der Waals surface area contributed by atoms with E-state index in [0.717, 1.165) is 25.2 Å². The second kappa shape index (κ2) is 5.89. The zero-order valence-electron chi connectivity index (χ0n) is 10.0. The maximum Gasteiger partial charge on any atom is 0.157 e. The summed E-state index contributed by atoms with van der Waals surface area (Å²) in [6.07, 6.45) is 2.65. The highest BCUT2D eigenvalue weighted by atomic mass is 16.3. The number of likely N-dealkylation sites (tertiary alicyclic amines) is 1. The molecule has 1 aromatic carbocycles. The normalized spacial score (nSPS) is 16.5. The second-order valence-electron chi connectivity index (χ2n) is 4.55. The Morgan fingerprint density at radius 3 is 2.59 bits per heavy atom. The van der Waals surface area contributed by atoms with Gasteiger partial charge >= 0.3 is 0 Å². The van der Waals surface area contributed by atoms with Crippen LogP contribution < -0.4 is 5.32 Å². The Morgan fingerprint density at radius 2 is 1.88 bits per heavy atom. The van der Waals surface area contributed by atoms with Gasteiger partial charge in [-0.2, -0.15) is 0 Å². The summed E-state index contributed by atoms with van der Waals surface area (Å²) in [4.78, 5) is 2.46. The lowest BCUT2D eigenvalue weighted by atomic mass is 10.2. The van der Waals surface area contributed by atoms with Crippen molar-refractivity contribution in [3.05, 3.63) is 23.8 Å². The van der Waals surface area contributed by atoms with Crippen molar-refractivity contribution in [1.29, 1.82) is 0 Å². The largest absolute Gasteiger partial charge is 0.504 e. The molecule has 0 bridgehead atoms. The van der Waals surface area contributed by atoms with Gasteiger partial charge in [0.2, 0.25) is 0 Å². The van der Waals surface area contributed by atoms with Crippen LogP contribution >= 0.6 is 0 Å². The van der Waals surface area contributed by atoms with E-state index in [4.69, 9.17) is 0 Å². The Balaban J connectivity index is 1.68. The van der Waals surface area contributed by atoms with Gasteiger partial charge in [-0.3, -0.25) is 0 Å². The average molecular weight is 236 g/mol. The molecule has 4 nitrogen and oxygen atoms in total. The molecule has 94 valence electrons. The van der Waals surface area contributed by atoms with Crippen LogP contribution in [0.4, 0.5) is 0 Å². The van der Waals surface area contributed by atoms with E-state index in [1.165, 1.54) is 32.0 Å². The smallest absolute Gasteiger partial charge is 0.157 e. The molecule has 0 radical (unpaired) electrons. The Morgan fingerprint density at radius 1 is 1.12 bits per heavy atom. The molecule has 1 fully saturated rings. The van der Waals surface area contributed by atoms with Crippen molar-refractivity contribution in [3.63, 3.8) is 0 Å². The molecule has 1 aromatic rings. The van der Waals surface area contributed by atoms with Crippen LogP contribution in [0.15, 0.2) is 18.2 Å². The standard InChI is InChI=1S/C13H20N2O2/c16-12-4-3-11(9-13(12)17)10-14-5-8-15-6-1-2-7-15/h3-4,9,14,16-17H,1-2,5-8,10H2. The van der Waals surface area contributed by atoms with Crippen molar-refractivity contribution in [2.24, 2.45) is 0 Å². The van der Waals surface area contributed by atoms with Gasteiger partial charge in [0, 0.05) is 19.6 Å². The molecule has 4 heteroatoms. The van der Waals surface area contributed by atoms with Crippen molar-refractivity contribution < 1.29 is 10.2 Å². The molecular formula is C13H20N2O2. The van der Waals surface area contributed by atoms with E-state index in [1.807, 2.05) is 6.07 Å². The Hall–Kier alpha value is -1.26. The lowest BCUT2D eigenvalue weighted by Gasteiger charge is -2.14. The first-order valence-corrected chi connectivity index (χ1v) is 6.19. The van der Waals surface area contributed by atoms with Crippen molar-refractivity contribution in [1.82, 2.24) is 10.2 Å². The van der Waals surface area contributed by atoms with Crippen LogP contribution in [0.5, 0.6) is 11.5 Å². The van der Waals surface area contributed by atoms with Crippen LogP contribution in [-0.4, -0.2) is 41.3 Å². The predicted octanol–water partition coefficient (Wildman–Crippen LogP) is 1.28. The number of phenols is 2. The van der Waals surface area contributed by atoms with Crippen molar-refractivity contribution in [2.75, 3.05) is 26.2 Å². The van der Waals surface area contributed by atoms with Gasteiger partial charge in [-0.1, -0.05) is 6.07 Å². The molecule has 1 aliphatic heterocycles. The summed E-state index contributed by atoms with van der Waals surface area (Å²) in [5.74, 6) is -0.116. The summed E-state index contributed by atoms with van der Waals surface area (Å²) < 4.78 is 0. The van der Waals surface area contributed by atoms with Gasteiger partial charge in [-0.05, 0) is 43.6 Å². The fourth-order valence-corrected chi connectivity index (χ4v) is 2.16. The number of rotatable bonds is 5.